The van der Waals surface area contributed by atoms with Crippen LogP contribution in [0.15, 0.2) is 65.8 Å². The van der Waals surface area contributed by atoms with Crippen LogP contribution < -0.4 is 15.4 Å². The van der Waals surface area contributed by atoms with Crippen LogP contribution in [0, 0.1) is 0 Å². The number of carbonyl (C=O) groups excluding carboxylic acids is 1. The lowest BCUT2D eigenvalue weighted by Gasteiger charge is -2.21. The number of nitrogens with two attached hydrogens (primary N) is 1. The summed E-state index contributed by atoms with van der Waals surface area (Å²) in [6, 6.07) is 9.81. The zero-order chi connectivity index (χ0) is 26.7. The van der Waals surface area contributed by atoms with E-state index in [0.717, 1.165) is 41.4 Å². The first kappa shape index (κ1) is 26.8. The molecule has 190 valence electrons. The molecule has 1 aromatic heterocycles. The molecule has 9 nitrogen and oxygen atoms in total. The number of benzene rings is 2. The van der Waals surface area contributed by atoms with Crippen LogP contribution in [0.5, 0.6) is 5.75 Å². The number of halogens is 4. The number of aromatic nitrogens is 1. The smallest absolute Gasteiger partial charge is 0.478 e. The zero-order valence-electron chi connectivity index (χ0n) is 18.1. The molecule has 0 atom stereocenters. The summed E-state index contributed by atoms with van der Waals surface area (Å²) in [5.74, 6) is -2.26. The number of primary amides is 1. The highest BCUT2D eigenvalue weighted by atomic mass is 35.5. The van der Waals surface area contributed by atoms with Crippen LogP contribution in [-0.2, 0) is 16.3 Å². The van der Waals surface area contributed by atoms with Crippen molar-refractivity contribution < 1.29 is 41.0 Å². The summed E-state index contributed by atoms with van der Waals surface area (Å²) in [5.41, 5.74) is 5.56. The Morgan fingerprint density at radius 1 is 1.06 bits per heavy atom. The second-order valence-electron chi connectivity index (χ2n) is 7.21. The monoisotopic (exact) mass is 543 g/mol. The van der Waals surface area contributed by atoms with Crippen molar-refractivity contribution in [3.63, 3.8) is 0 Å². The number of rotatable bonds is 8. The van der Waals surface area contributed by atoms with Crippen molar-refractivity contribution in [1.29, 1.82) is 0 Å². The summed E-state index contributed by atoms with van der Waals surface area (Å²) in [7, 11) is -3.99. The molecule has 0 saturated carbocycles. The van der Waals surface area contributed by atoms with Crippen LogP contribution >= 0.6 is 11.6 Å². The summed E-state index contributed by atoms with van der Waals surface area (Å²) >= 11 is 6.05. The molecule has 0 spiro atoms. The van der Waals surface area contributed by atoms with E-state index in [0.29, 0.717) is 0 Å². The Labute approximate surface area is 207 Å². The lowest BCUT2D eigenvalue weighted by Crippen LogP contribution is -2.31. The second kappa shape index (κ2) is 10.4. The second-order valence-corrected chi connectivity index (χ2v) is 9.67. The van der Waals surface area contributed by atoms with Gasteiger partial charge in [-0.2, -0.15) is 0 Å². The molecule has 2 amide bonds. The average molecular weight is 544 g/mol. The minimum Gasteiger partial charge on any atom is -0.478 e. The maximum absolute atomic E-state index is 12.8. The summed E-state index contributed by atoms with van der Waals surface area (Å²) in [6.07, 6.45) is -4.03. The highest BCUT2D eigenvalue weighted by Crippen LogP contribution is 2.30. The maximum atomic E-state index is 12.8. The van der Waals surface area contributed by atoms with Crippen LogP contribution in [0.25, 0.3) is 0 Å². The molecule has 0 aliphatic carbocycles. The number of ether oxygens (including phenoxy) is 1. The molecule has 36 heavy (non-hydrogen) atoms. The van der Waals surface area contributed by atoms with Gasteiger partial charge in [-0.05, 0) is 60.5 Å². The molecule has 3 rings (SSSR count). The number of carbonyl (C=O) groups is 2. The van der Waals surface area contributed by atoms with Gasteiger partial charge in [-0.15, -0.1) is 13.2 Å². The molecular formula is C22H17ClF3N3O6S. The molecule has 0 radical (unpaired) electrons. The first-order valence-corrected chi connectivity index (χ1v) is 12.0. The fourth-order valence-electron chi connectivity index (χ4n) is 3.24. The van der Waals surface area contributed by atoms with Crippen molar-refractivity contribution >= 4 is 44.8 Å². The topological polar surface area (TPSA) is 140 Å². The van der Waals surface area contributed by atoms with E-state index < -0.39 is 39.7 Å². The molecule has 0 fully saturated rings. The van der Waals surface area contributed by atoms with Gasteiger partial charge in [0.2, 0.25) is 0 Å². The predicted octanol–water partition coefficient (Wildman–Crippen LogP) is 4.57. The van der Waals surface area contributed by atoms with E-state index in [2.05, 4.69) is 9.72 Å². The Hall–Kier alpha value is -3.84. The number of carboxylic acid groups (broad SMARTS) is 1. The van der Waals surface area contributed by atoms with Gasteiger partial charge in [0.15, 0.2) is 14.9 Å². The van der Waals surface area contributed by atoms with Crippen molar-refractivity contribution in [3.8, 4) is 5.75 Å². The number of hydrogen-bond donors (Lipinski definition) is 2. The number of alkyl halides is 3. The van der Waals surface area contributed by atoms with Gasteiger partial charge in [-0.3, -0.25) is 4.90 Å². The summed E-state index contributed by atoms with van der Waals surface area (Å²) in [4.78, 5) is 28.2. The van der Waals surface area contributed by atoms with Crippen LogP contribution in [0.2, 0.25) is 5.02 Å². The van der Waals surface area contributed by atoms with Crippen molar-refractivity contribution in [2.75, 3.05) is 10.7 Å². The van der Waals surface area contributed by atoms with Gasteiger partial charge in [0, 0.05) is 5.02 Å². The third-order valence-corrected chi connectivity index (χ3v) is 6.79. The summed E-state index contributed by atoms with van der Waals surface area (Å²) in [5, 5.41) is 9.06. The van der Waals surface area contributed by atoms with Crippen molar-refractivity contribution in [3.05, 3.63) is 76.9 Å². The Kier molecular flexibility index (Phi) is 7.74. The van der Waals surface area contributed by atoms with Crippen molar-refractivity contribution in [1.82, 2.24) is 4.98 Å². The summed E-state index contributed by atoms with van der Waals surface area (Å²) < 4.78 is 66.4. The molecule has 3 N–H and O–H groups in total. The molecule has 0 unspecified atom stereocenters. The number of nitrogens with zero attached hydrogens (tertiary/aromatic N) is 2. The number of urea groups is 1. The lowest BCUT2D eigenvalue weighted by molar-refractivity contribution is -0.274. The fraction of sp³-hybridized carbons (Fsp3) is 0.136. The van der Waals surface area contributed by atoms with E-state index in [1.165, 1.54) is 24.3 Å². The number of carboxylic acids is 1. The molecule has 0 aliphatic heterocycles. The van der Waals surface area contributed by atoms with E-state index in [1.54, 1.807) is 0 Å². The van der Waals surface area contributed by atoms with E-state index in [-0.39, 0.29) is 39.0 Å². The van der Waals surface area contributed by atoms with Crippen molar-refractivity contribution in [2.24, 2.45) is 5.73 Å². The SMILES string of the molecule is NC(=O)N(c1ccc(OC(F)(F)F)cc1)c1ccc(S(=O)(=O)CCc2c(Cl)cccc2C(=O)O)nc1. The molecule has 14 heteroatoms. The normalized spacial score (nSPS) is 11.7. The lowest BCUT2D eigenvalue weighted by atomic mass is 10.1. The van der Waals surface area contributed by atoms with Gasteiger partial charge in [-0.1, -0.05) is 17.7 Å². The van der Waals surface area contributed by atoms with Crippen LogP contribution in [0.3, 0.4) is 0 Å². The first-order chi connectivity index (χ1) is 16.8. The van der Waals surface area contributed by atoms with Gasteiger partial charge >= 0.3 is 18.4 Å². The molecule has 0 bridgehead atoms. The number of pyridine rings is 1. The van der Waals surface area contributed by atoms with Gasteiger partial charge < -0.3 is 15.6 Å². The standard InChI is InChI=1S/C22H17ClF3N3O6S/c23-18-3-1-2-17(20(30)31)16(18)10-11-36(33,34)19-9-6-14(12-28-19)29(21(27)32)13-4-7-15(8-5-13)35-22(24,25)26/h1-9,12H,10-11H2,(H2,27,32)(H,30,31). The minimum atomic E-state index is -4.89. The fourth-order valence-corrected chi connectivity index (χ4v) is 4.68. The molecule has 0 aliphatic rings. The number of sulfone groups is 1. The average Bonchev–Trinajstić information content (AvgIpc) is 2.78. The van der Waals surface area contributed by atoms with Gasteiger partial charge in [0.25, 0.3) is 0 Å². The number of amides is 2. The molecule has 1 heterocycles. The predicted molar refractivity (Wildman–Crippen MR) is 123 cm³/mol. The Morgan fingerprint density at radius 2 is 1.69 bits per heavy atom. The van der Waals surface area contributed by atoms with E-state index in [4.69, 9.17) is 17.3 Å². The molecule has 0 saturated heterocycles. The zero-order valence-corrected chi connectivity index (χ0v) is 19.6. The summed E-state index contributed by atoms with van der Waals surface area (Å²) in [6.45, 7) is 0. The van der Waals surface area contributed by atoms with E-state index in [9.17, 15) is 36.3 Å². The van der Waals surface area contributed by atoms with Crippen LogP contribution in [0.1, 0.15) is 15.9 Å². The van der Waals surface area contributed by atoms with Crippen molar-refractivity contribution in [2.45, 2.75) is 17.8 Å². The number of hydrogen-bond acceptors (Lipinski definition) is 6. The minimum absolute atomic E-state index is 0.0465. The van der Waals surface area contributed by atoms with Gasteiger partial charge in [0.1, 0.15) is 5.75 Å². The maximum Gasteiger partial charge on any atom is 0.573 e. The highest BCUT2D eigenvalue weighted by molar-refractivity contribution is 7.91. The number of aromatic carboxylic acids is 1. The third kappa shape index (κ3) is 6.43. The van der Waals surface area contributed by atoms with E-state index >= 15 is 0 Å². The first-order valence-electron chi connectivity index (χ1n) is 9.93. The third-order valence-electron chi connectivity index (χ3n) is 4.82. The van der Waals surface area contributed by atoms with Gasteiger partial charge in [0.05, 0.1) is 28.9 Å². The molecular weight excluding hydrogens is 527 g/mol. The van der Waals surface area contributed by atoms with E-state index in [1.807, 2.05) is 0 Å². The Bertz CT molecular complexity index is 1380. The largest absolute Gasteiger partial charge is 0.573 e. The Balaban J connectivity index is 1.81. The van der Waals surface area contributed by atoms with Crippen LogP contribution in [-0.4, -0.2) is 42.6 Å². The molecule has 2 aromatic carbocycles. The highest BCUT2D eigenvalue weighted by Gasteiger charge is 2.31. The van der Waals surface area contributed by atoms with Gasteiger partial charge in [-0.25, -0.2) is 23.0 Å². The Morgan fingerprint density at radius 3 is 2.22 bits per heavy atom. The number of anilines is 2. The quantitative estimate of drug-likeness (QED) is 0.424. The molecule has 3 aromatic rings. The van der Waals surface area contributed by atoms with Crippen LogP contribution in [0.4, 0.5) is 29.3 Å².